The van der Waals surface area contributed by atoms with Crippen molar-refractivity contribution in [2.24, 2.45) is 0 Å². The summed E-state index contributed by atoms with van der Waals surface area (Å²) in [7, 11) is 1.35. The average molecular weight is 313 g/mol. The summed E-state index contributed by atoms with van der Waals surface area (Å²) in [5.74, 6) is 0.112. The molecule has 7 heteroatoms. The summed E-state index contributed by atoms with van der Waals surface area (Å²) in [6.45, 7) is 3.54. The number of carbonyl (C=O) groups is 1. The Bertz CT molecular complexity index is 664. The van der Waals surface area contributed by atoms with E-state index in [9.17, 15) is 4.79 Å². The maximum Gasteiger partial charge on any atom is 0.356 e. The highest BCUT2D eigenvalue weighted by Crippen LogP contribution is 2.20. The Hall–Kier alpha value is -2.83. The molecule has 0 aliphatic carbocycles. The van der Waals surface area contributed by atoms with Crippen LogP contribution in [0.1, 0.15) is 10.5 Å². The first kappa shape index (κ1) is 15.1. The van der Waals surface area contributed by atoms with Crippen LogP contribution in [-0.4, -0.2) is 49.2 Å². The van der Waals surface area contributed by atoms with E-state index < -0.39 is 5.97 Å². The lowest BCUT2D eigenvalue weighted by molar-refractivity contribution is 0.0594. The zero-order chi connectivity index (χ0) is 16.2. The fourth-order valence-electron chi connectivity index (χ4n) is 2.61. The summed E-state index contributed by atoms with van der Waals surface area (Å²) in [6, 6.07) is 7.40. The van der Waals surface area contributed by atoms with E-state index in [0.29, 0.717) is 11.5 Å². The SMILES string of the molecule is COC(=O)c1ccc(N2CCN(c3ccc(N)nc3)CC2)cn1. The molecule has 1 fully saturated rings. The summed E-state index contributed by atoms with van der Waals surface area (Å²) in [5, 5.41) is 0. The number of hydrogen-bond acceptors (Lipinski definition) is 7. The quantitative estimate of drug-likeness (QED) is 0.851. The normalized spacial score (nSPS) is 14.7. The maximum atomic E-state index is 11.4. The zero-order valence-electron chi connectivity index (χ0n) is 13.0. The van der Waals surface area contributed by atoms with Gasteiger partial charge < -0.3 is 20.3 Å². The monoisotopic (exact) mass is 313 g/mol. The Morgan fingerprint density at radius 1 is 1.00 bits per heavy atom. The predicted octanol–water partition coefficient (Wildman–Crippen LogP) is 1.17. The Morgan fingerprint density at radius 3 is 2.00 bits per heavy atom. The van der Waals surface area contributed by atoms with Crippen molar-refractivity contribution in [3.8, 4) is 0 Å². The third-order valence-electron chi connectivity index (χ3n) is 3.92. The molecule has 3 rings (SSSR count). The van der Waals surface area contributed by atoms with Crippen molar-refractivity contribution in [3.63, 3.8) is 0 Å². The first-order valence-electron chi connectivity index (χ1n) is 7.43. The molecule has 2 aromatic heterocycles. The van der Waals surface area contributed by atoms with Gasteiger partial charge in [0.05, 0.1) is 30.9 Å². The van der Waals surface area contributed by atoms with E-state index in [1.807, 2.05) is 18.2 Å². The molecule has 0 spiro atoms. The van der Waals surface area contributed by atoms with Gasteiger partial charge in [0.25, 0.3) is 0 Å². The number of esters is 1. The van der Waals surface area contributed by atoms with Gasteiger partial charge in [-0.1, -0.05) is 0 Å². The van der Waals surface area contributed by atoms with Crippen molar-refractivity contribution in [1.82, 2.24) is 9.97 Å². The zero-order valence-corrected chi connectivity index (χ0v) is 13.0. The van der Waals surface area contributed by atoms with E-state index in [2.05, 4.69) is 24.5 Å². The molecule has 23 heavy (non-hydrogen) atoms. The van der Waals surface area contributed by atoms with Gasteiger partial charge in [0.1, 0.15) is 11.5 Å². The van der Waals surface area contributed by atoms with E-state index in [1.165, 1.54) is 7.11 Å². The Morgan fingerprint density at radius 2 is 1.57 bits per heavy atom. The van der Waals surface area contributed by atoms with Crippen LogP contribution in [0.2, 0.25) is 0 Å². The van der Waals surface area contributed by atoms with Gasteiger partial charge >= 0.3 is 5.97 Å². The second-order valence-corrected chi connectivity index (χ2v) is 5.31. The summed E-state index contributed by atoms with van der Waals surface area (Å²) in [6.07, 6.45) is 3.52. The molecule has 1 aliphatic rings. The number of rotatable bonds is 3. The predicted molar refractivity (Wildman–Crippen MR) is 88.7 cm³/mol. The molecule has 0 aromatic carbocycles. The largest absolute Gasteiger partial charge is 0.464 e. The van der Waals surface area contributed by atoms with Gasteiger partial charge in [-0.25, -0.2) is 14.8 Å². The first-order valence-corrected chi connectivity index (χ1v) is 7.43. The summed E-state index contributed by atoms with van der Waals surface area (Å²) < 4.78 is 4.66. The van der Waals surface area contributed by atoms with E-state index in [-0.39, 0.29) is 0 Å². The minimum atomic E-state index is -0.419. The lowest BCUT2D eigenvalue weighted by atomic mass is 10.2. The molecule has 7 nitrogen and oxygen atoms in total. The molecular weight excluding hydrogens is 294 g/mol. The smallest absolute Gasteiger partial charge is 0.356 e. The number of nitrogen functional groups attached to an aromatic ring is 1. The number of carbonyl (C=O) groups excluding carboxylic acids is 1. The molecule has 0 amide bonds. The van der Waals surface area contributed by atoms with Gasteiger partial charge in [-0.15, -0.1) is 0 Å². The summed E-state index contributed by atoms with van der Waals surface area (Å²) >= 11 is 0. The van der Waals surface area contributed by atoms with E-state index >= 15 is 0 Å². The number of aromatic nitrogens is 2. The van der Waals surface area contributed by atoms with Gasteiger partial charge in [-0.2, -0.15) is 0 Å². The molecule has 1 aliphatic heterocycles. The fourth-order valence-corrected chi connectivity index (χ4v) is 2.61. The van der Waals surface area contributed by atoms with Crippen LogP contribution in [-0.2, 0) is 4.74 Å². The van der Waals surface area contributed by atoms with E-state index in [1.54, 1.807) is 18.5 Å². The number of pyridine rings is 2. The molecule has 120 valence electrons. The molecule has 3 heterocycles. The van der Waals surface area contributed by atoms with Crippen LogP contribution < -0.4 is 15.5 Å². The fraction of sp³-hybridized carbons (Fsp3) is 0.312. The van der Waals surface area contributed by atoms with Gasteiger partial charge in [-0.3, -0.25) is 0 Å². The summed E-state index contributed by atoms with van der Waals surface area (Å²) in [4.78, 5) is 24.2. The molecule has 0 bridgehead atoms. The van der Waals surface area contributed by atoms with Crippen molar-refractivity contribution in [1.29, 1.82) is 0 Å². The topological polar surface area (TPSA) is 84.6 Å². The average Bonchev–Trinajstić information content (AvgIpc) is 2.62. The number of nitrogens with zero attached hydrogens (tertiary/aromatic N) is 4. The van der Waals surface area contributed by atoms with Crippen molar-refractivity contribution < 1.29 is 9.53 Å². The van der Waals surface area contributed by atoms with Crippen LogP contribution in [0, 0.1) is 0 Å². The third kappa shape index (κ3) is 3.33. The van der Waals surface area contributed by atoms with Crippen LogP contribution >= 0.6 is 0 Å². The molecule has 2 aromatic rings. The lowest BCUT2D eigenvalue weighted by Crippen LogP contribution is -2.46. The highest BCUT2D eigenvalue weighted by molar-refractivity contribution is 5.87. The molecule has 0 radical (unpaired) electrons. The number of methoxy groups -OCH3 is 1. The second kappa shape index (κ2) is 6.51. The number of ether oxygens (including phenoxy) is 1. The molecule has 1 saturated heterocycles. The van der Waals surface area contributed by atoms with Crippen molar-refractivity contribution >= 4 is 23.2 Å². The van der Waals surface area contributed by atoms with Crippen LogP contribution in [0.3, 0.4) is 0 Å². The standard InChI is InChI=1S/C16H19N5O2/c1-23-16(22)14-4-2-12(10-18-14)20-6-8-21(9-7-20)13-3-5-15(17)19-11-13/h2-5,10-11H,6-9H2,1H3,(H2,17,19). The number of anilines is 3. The van der Waals surface area contributed by atoms with E-state index in [4.69, 9.17) is 5.73 Å². The molecule has 0 atom stereocenters. The Balaban J connectivity index is 1.62. The van der Waals surface area contributed by atoms with Gasteiger partial charge in [0.15, 0.2) is 0 Å². The van der Waals surface area contributed by atoms with Gasteiger partial charge in [0.2, 0.25) is 0 Å². The molecule has 0 unspecified atom stereocenters. The number of nitrogens with two attached hydrogens (primary N) is 1. The highest BCUT2D eigenvalue weighted by atomic mass is 16.5. The number of hydrogen-bond donors (Lipinski definition) is 1. The van der Waals surface area contributed by atoms with Crippen LogP contribution in [0.5, 0.6) is 0 Å². The van der Waals surface area contributed by atoms with Gasteiger partial charge in [-0.05, 0) is 24.3 Å². The van der Waals surface area contributed by atoms with Crippen LogP contribution in [0.15, 0.2) is 36.7 Å². The molecule has 0 saturated carbocycles. The lowest BCUT2D eigenvalue weighted by Gasteiger charge is -2.37. The molecule has 2 N–H and O–H groups in total. The minimum Gasteiger partial charge on any atom is -0.464 e. The second-order valence-electron chi connectivity index (χ2n) is 5.31. The van der Waals surface area contributed by atoms with Crippen LogP contribution in [0.4, 0.5) is 17.2 Å². The van der Waals surface area contributed by atoms with Crippen LogP contribution in [0.25, 0.3) is 0 Å². The van der Waals surface area contributed by atoms with Crippen molar-refractivity contribution in [2.45, 2.75) is 0 Å². The third-order valence-corrected chi connectivity index (χ3v) is 3.92. The van der Waals surface area contributed by atoms with E-state index in [0.717, 1.165) is 37.6 Å². The van der Waals surface area contributed by atoms with Gasteiger partial charge in [0, 0.05) is 26.2 Å². The highest BCUT2D eigenvalue weighted by Gasteiger charge is 2.18. The van der Waals surface area contributed by atoms with Crippen molar-refractivity contribution in [3.05, 3.63) is 42.4 Å². The summed E-state index contributed by atoms with van der Waals surface area (Å²) in [5.41, 5.74) is 8.03. The Labute approximate surface area is 134 Å². The van der Waals surface area contributed by atoms with Crippen molar-refractivity contribution in [2.75, 3.05) is 48.8 Å². The Kier molecular flexibility index (Phi) is 4.27. The first-order chi connectivity index (χ1) is 11.2. The maximum absolute atomic E-state index is 11.4. The number of piperazine rings is 1. The minimum absolute atomic E-state index is 0.322. The molecular formula is C16H19N5O2.